The van der Waals surface area contributed by atoms with Crippen LogP contribution in [0.2, 0.25) is 0 Å². The van der Waals surface area contributed by atoms with Crippen molar-refractivity contribution in [3.63, 3.8) is 0 Å². The Labute approximate surface area is 162 Å². The molecule has 1 aliphatic rings. The normalized spacial score (nSPS) is 15.2. The number of benzene rings is 2. The van der Waals surface area contributed by atoms with Gasteiger partial charge in [-0.3, -0.25) is 9.59 Å². The number of carbonyl (C=O) groups excluding carboxylic acids is 2. The summed E-state index contributed by atoms with van der Waals surface area (Å²) in [6, 6.07) is 13.6. The lowest BCUT2D eigenvalue weighted by Crippen LogP contribution is -2.52. The van der Waals surface area contributed by atoms with Crippen LogP contribution in [-0.4, -0.2) is 62.2 Å². The largest absolute Gasteiger partial charge is 0.343 e. The molecule has 2 aromatic rings. The van der Waals surface area contributed by atoms with E-state index >= 15 is 0 Å². The van der Waals surface area contributed by atoms with E-state index in [9.17, 15) is 22.4 Å². The molecule has 0 radical (unpaired) electrons. The van der Waals surface area contributed by atoms with Crippen molar-refractivity contribution < 1.29 is 22.4 Å². The number of carbonyl (C=O) groups is 2. The van der Waals surface area contributed by atoms with Gasteiger partial charge < -0.3 is 10.2 Å². The van der Waals surface area contributed by atoms with E-state index in [1.807, 2.05) is 0 Å². The molecule has 28 heavy (non-hydrogen) atoms. The highest BCUT2D eigenvalue weighted by atomic mass is 32.2. The second-order valence-electron chi connectivity index (χ2n) is 6.26. The average Bonchev–Trinajstić information content (AvgIpc) is 2.73. The molecule has 0 bridgehead atoms. The summed E-state index contributed by atoms with van der Waals surface area (Å²) >= 11 is 0. The Morgan fingerprint density at radius 3 is 2.18 bits per heavy atom. The van der Waals surface area contributed by atoms with Crippen molar-refractivity contribution in [3.05, 3.63) is 66.0 Å². The van der Waals surface area contributed by atoms with Crippen molar-refractivity contribution in [2.24, 2.45) is 0 Å². The van der Waals surface area contributed by atoms with Gasteiger partial charge in [0.1, 0.15) is 5.82 Å². The molecule has 0 aliphatic carbocycles. The Hall–Kier alpha value is -2.78. The lowest BCUT2D eigenvalue weighted by Gasteiger charge is -2.34. The third-order valence-corrected chi connectivity index (χ3v) is 6.40. The zero-order valence-corrected chi connectivity index (χ0v) is 15.9. The first-order valence-electron chi connectivity index (χ1n) is 8.75. The summed E-state index contributed by atoms with van der Waals surface area (Å²) in [5, 5.41) is 2.40. The number of hydrogen-bond donors (Lipinski definition) is 1. The van der Waals surface area contributed by atoms with E-state index < -0.39 is 21.7 Å². The monoisotopic (exact) mass is 405 g/mol. The number of halogens is 1. The highest BCUT2D eigenvalue weighted by Gasteiger charge is 2.30. The van der Waals surface area contributed by atoms with Crippen LogP contribution in [0, 0.1) is 5.82 Å². The van der Waals surface area contributed by atoms with E-state index in [-0.39, 0.29) is 49.1 Å². The number of sulfonamides is 1. The third kappa shape index (κ3) is 4.37. The summed E-state index contributed by atoms with van der Waals surface area (Å²) < 4.78 is 40.1. The Kier molecular flexibility index (Phi) is 6.05. The third-order valence-electron chi connectivity index (χ3n) is 4.49. The van der Waals surface area contributed by atoms with E-state index in [1.54, 1.807) is 18.2 Å². The average molecular weight is 405 g/mol. The van der Waals surface area contributed by atoms with Gasteiger partial charge in [-0.15, -0.1) is 0 Å². The van der Waals surface area contributed by atoms with Crippen LogP contribution in [0.1, 0.15) is 10.4 Å². The van der Waals surface area contributed by atoms with Crippen LogP contribution in [0.3, 0.4) is 0 Å². The van der Waals surface area contributed by atoms with Crippen LogP contribution in [0.4, 0.5) is 4.39 Å². The molecule has 9 heteroatoms. The maximum absolute atomic E-state index is 13.6. The van der Waals surface area contributed by atoms with Crippen LogP contribution >= 0.6 is 0 Å². The van der Waals surface area contributed by atoms with Gasteiger partial charge in [0.2, 0.25) is 15.9 Å². The van der Waals surface area contributed by atoms with Gasteiger partial charge in [-0.05, 0) is 24.3 Å². The second kappa shape index (κ2) is 8.49. The Bertz CT molecular complexity index is 958. The first-order valence-corrected chi connectivity index (χ1v) is 10.2. The Morgan fingerprint density at radius 1 is 0.929 bits per heavy atom. The maximum atomic E-state index is 13.6. The lowest BCUT2D eigenvalue weighted by molar-refractivity contribution is -0.131. The number of hydrogen-bond acceptors (Lipinski definition) is 4. The lowest BCUT2D eigenvalue weighted by atomic mass is 10.2. The summed E-state index contributed by atoms with van der Waals surface area (Å²) in [6.07, 6.45) is 0. The number of amides is 2. The van der Waals surface area contributed by atoms with Gasteiger partial charge in [-0.2, -0.15) is 4.31 Å². The quantitative estimate of drug-likeness (QED) is 0.807. The van der Waals surface area contributed by atoms with Crippen molar-refractivity contribution in [1.82, 2.24) is 14.5 Å². The van der Waals surface area contributed by atoms with Gasteiger partial charge in [0, 0.05) is 26.2 Å². The minimum atomic E-state index is -3.59. The fourth-order valence-corrected chi connectivity index (χ4v) is 4.37. The Morgan fingerprint density at radius 2 is 1.54 bits per heavy atom. The van der Waals surface area contributed by atoms with Crippen LogP contribution in [0.25, 0.3) is 0 Å². The molecule has 0 aromatic heterocycles. The molecule has 1 saturated heterocycles. The molecule has 3 rings (SSSR count). The summed E-state index contributed by atoms with van der Waals surface area (Å²) in [6.45, 7) is 0.508. The summed E-state index contributed by atoms with van der Waals surface area (Å²) in [5.41, 5.74) is -0.130. The first-order chi connectivity index (χ1) is 13.4. The molecule has 7 nitrogen and oxygen atoms in total. The topological polar surface area (TPSA) is 86.8 Å². The number of piperazine rings is 1. The number of nitrogens with zero attached hydrogens (tertiary/aromatic N) is 2. The van der Waals surface area contributed by atoms with Gasteiger partial charge in [0.25, 0.3) is 5.91 Å². The number of rotatable bonds is 5. The van der Waals surface area contributed by atoms with Crippen molar-refractivity contribution >= 4 is 21.8 Å². The van der Waals surface area contributed by atoms with E-state index in [0.717, 1.165) is 0 Å². The van der Waals surface area contributed by atoms with Gasteiger partial charge >= 0.3 is 0 Å². The first kappa shape index (κ1) is 20.0. The highest BCUT2D eigenvalue weighted by Crippen LogP contribution is 2.17. The van der Waals surface area contributed by atoms with Crippen molar-refractivity contribution in [2.75, 3.05) is 32.7 Å². The molecule has 0 unspecified atom stereocenters. The van der Waals surface area contributed by atoms with Crippen LogP contribution in [0.5, 0.6) is 0 Å². The molecule has 0 atom stereocenters. The van der Waals surface area contributed by atoms with E-state index in [2.05, 4.69) is 5.32 Å². The van der Waals surface area contributed by atoms with Crippen LogP contribution in [-0.2, 0) is 14.8 Å². The fraction of sp³-hybridized carbons (Fsp3) is 0.263. The molecule has 1 aliphatic heterocycles. The molecule has 2 aromatic carbocycles. The van der Waals surface area contributed by atoms with Crippen LogP contribution < -0.4 is 5.32 Å². The highest BCUT2D eigenvalue weighted by molar-refractivity contribution is 7.89. The fourth-order valence-electron chi connectivity index (χ4n) is 2.93. The predicted octanol–water partition coefficient (Wildman–Crippen LogP) is 1.09. The second-order valence-corrected chi connectivity index (χ2v) is 8.20. The van der Waals surface area contributed by atoms with Crippen LogP contribution in [0.15, 0.2) is 59.5 Å². The van der Waals surface area contributed by atoms with Crippen molar-refractivity contribution in [1.29, 1.82) is 0 Å². The molecule has 1 N–H and O–H groups in total. The molecule has 1 heterocycles. The molecular formula is C19H20FN3O4S. The zero-order chi connectivity index (χ0) is 20.1. The molecule has 2 amide bonds. The van der Waals surface area contributed by atoms with Gasteiger partial charge in [0.15, 0.2) is 0 Å². The number of nitrogens with one attached hydrogen (secondary N) is 1. The minimum Gasteiger partial charge on any atom is -0.343 e. The summed E-state index contributed by atoms with van der Waals surface area (Å²) in [7, 11) is -3.59. The van der Waals surface area contributed by atoms with Gasteiger partial charge in [-0.1, -0.05) is 30.3 Å². The summed E-state index contributed by atoms with van der Waals surface area (Å²) in [5.74, 6) is -1.68. The Balaban J connectivity index is 1.53. The zero-order valence-electron chi connectivity index (χ0n) is 15.0. The van der Waals surface area contributed by atoms with Crippen molar-refractivity contribution in [2.45, 2.75) is 4.90 Å². The maximum Gasteiger partial charge on any atom is 0.254 e. The molecular weight excluding hydrogens is 385 g/mol. The molecule has 0 saturated carbocycles. The van der Waals surface area contributed by atoms with Gasteiger partial charge in [0.05, 0.1) is 17.0 Å². The van der Waals surface area contributed by atoms with Gasteiger partial charge in [-0.25, -0.2) is 12.8 Å². The standard InChI is InChI=1S/C19H20FN3O4S/c20-17-9-5-4-8-16(17)19(25)21-14-18(24)22-10-12-23(13-11-22)28(26,27)15-6-2-1-3-7-15/h1-9H,10-14H2,(H,21,25). The van der Waals surface area contributed by atoms with E-state index in [0.29, 0.717) is 0 Å². The van der Waals surface area contributed by atoms with E-state index in [1.165, 1.54) is 45.6 Å². The SMILES string of the molecule is O=C(NCC(=O)N1CCN(S(=O)(=O)c2ccccc2)CC1)c1ccccc1F. The molecule has 1 fully saturated rings. The molecule has 0 spiro atoms. The predicted molar refractivity (Wildman–Crippen MR) is 101 cm³/mol. The molecule has 148 valence electrons. The smallest absolute Gasteiger partial charge is 0.254 e. The summed E-state index contributed by atoms with van der Waals surface area (Å²) in [4.78, 5) is 26.0. The minimum absolute atomic E-state index is 0.130. The van der Waals surface area contributed by atoms with Crippen molar-refractivity contribution in [3.8, 4) is 0 Å². The van der Waals surface area contributed by atoms with E-state index in [4.69, 9.17) is 0 Å².